The second-order valence-corrected chi connectivity index (χ2v) is 5.19. The van der Waals surface area contributed by atoms with Gasteiger partial charge in [-0.1, -0.05) is 12.1 Å². The number of carbonyl (C=O) groups excluding carboxylic acids is 1. The summed E-state index contributed by atoms with van der Waals surface area (Å²) in [5.41, 5.74) is -0.444. The predicted molar refractivity (Wildman–Crippen MR) is 67.6 cm³/mol. The molecule has 1 amide bonds. The number of rotatable bonds is 1. The minimum Gasteiger partial charge on any atom is -0.334 e. The highest BCUT2D eigenvalue weighted by Crippen LogP contribution is 2.41. The first kappa shape index (κ1) is 13.4. The molecule has 0 aromatic heterocycles. The van der Waals surface area contributed by atoms with Crippen LogP contribution in [0.4, 0.5) is 13.2 Å². The van der Waals surface area contributed by atoms with E-state index in [1.54, 1.807) is 17.9 Å². The zero-order chi connectivity index (χ0) is 14.5. The second-order valence-electron chi connectivity index (χ2n) is 5.19. The number of carbonyl (C=O) groups is 1. The summed E-state index contributed by atoms with van der Waals surface area (Å²) in [5, 5.41) is 3.17. The summed E-state index contributed by atoms with van der Waals surface area (Å²) in [7, 11) is 0. The minimum atomic E-state index is -4.50. The van der Waals surface area contributed by atoms with Gasteiger partial charge < -0.3 is 10.2 Å². The van der Waals surface area contributed by atoms with Crippen molar-refractivity contribution >= 4 is 5.91 Å². The van der Waals surface area contributed by atoms with E-state index in [-0.39, 0.29) is 17.5 Å². The third kappa shape index (κ3) is 1.82. The number of halogens is 3. The molecule has 3 nitrogen and oxygen atoms in total. The van der Waals surface area contributed by atoms with Gasteiger partial charge in [-0.25, -0.2) is 0 Å². The Hall–Kier alpha value is -1.56. The molecule has 0 unspecified atom stereocenters. The van der Waals surface area contributed by atoms with Gasteiger partial charge in [0.05, 0.1) is 17.2 Å². The summed E-state index contributed by atoms with van der Waals surface area (Å²) in [4.78, 5) is 14.0. The Morgan fingerprint density at radius 2 is 2.10 bits per heavy atom. The van der Waals surface area contributed by atoms with E-state index in [2.05, 4.69) is 5.32 Å². The molecule has 6 heteroatoms. The number of amides is 1. The number of nitrogens with zero attached hydrogens (tertiary/aromatic N) is 1. The highest BCUT2D eigenvalue weighted by Gasteiger charge is 2.46. The van der Waals surface area contributed by atoms with Crippen LogP contribution in [-0.2, 0) is 6.18 Å². The van der Waals surface area contributed by atoms with Gasteiger partial charge in [0.15, 0.2) is 0 Å². The highest BCUT2D eigenvalue weighted by atomic mass is 19.4. The maximum absolute atomic E-state index is 13.1. The smallest absolute Gasteiger partial charge is 0.334 e. The number of hydrogen-bond acceptors (Lipinski definition) is 2. The lowest BCUT2D eigenvalue weighted by Crippen LogP contribution is -2.48. The first-order chi connectivity index (χ1) is 9.45. The van der Waals surface area contributed by atoms with Crippen LogP contribution < -0.4 is 5.32 Å². The van der Waals surface area contributed by atoms with Crippen LogP contribution in [0.3, 0.4) is 0 Å². The monoisotopic (exact) mass is 284 g/mol. The molecule has 1 aromatic carbocycles. The molecule has 108 valence electrons. The molecule has 2 aliphatic rings. The molecule has 1 aromatic rings. The fourth-order valence-electron chi connectivity index (χ4n) is 3.34. The zero-order valence-corrected chi connectivity index (χ0v) is 11.0. The molecule has 1 N–H and O–H groups in total. The highest BCUT2D eigenvalue weighted by molar-refractivity contribution is 5.99. The summed E-state index contributed by atoms with van der Waals surface area (Å²) in [6.07, 6.45) is -4.50. The van der Waals surface area contributed by atoms with Crippen LogP contribution in [0.2, 0.25) is 0 Å². The van der Waals surface area contributed by atoms with Gasteiger partial charge in [-0.2, -0.15) is 13.2 Å². The van der Waals surface area contributed by atoms with E-state index in [1.807, 2.05) is 0 Å². The van der Waals surface area contributed by atoms with Gasteiger partial charge in [0.25, 0.3) is 5.91 Å². The topological polar surface area (TPSA) is 32.3 Å². The Balaban J connectivity index is 2.21. The Bertz CT molecular complexity index is 556. The molecule has 20 heavy (non-hydrogen) atoms. The summed E-state index contributed by atoms with van der Waals surface area (Å²) >= 11 is 0. The molecule has 0 aliphatic carbocycles. The van der Waals surface area contributed by atoms with Gasteiger partial charge >= 0.3 is 6.18 Å². The first-order valence-corrected chi connectivity index (χ1v) is 6.67. The lowest BCUT2D eigenvalue weighted by atomic mass is 9.82. The van der Waals surface area contributed by atoms with E-state index >= 15 is 0 Å². The Morgan fingerprint density at radius 3 is 2.75 bits per heavy atom. The van der Waals surface area contributed by atoms with Crippen LogP contribution in [0.1, 0.15) is 34.3 Å². The molecule has 2 atom stereocenters. The quantitative estimate of drug-likeness (QED) is 0.857. The van der Waals surface area contributed by atoms with Gasteiger partial charge in [0, 0.05) is 25.6 Å². The van der Waals surface area contributed by atoms with E-state index in [9.17, 15) is 18.0 Å². The molecule has 2 aliphatic heterocycles. The van der Waals surface area contributed by atoms with Gasteiger partial charge in [0.2, 0.25) is 0 Å². The molecular weight excluding hydrogens is 269 g/mol. The van der Waals surface area contributed by atoms with Crippen molar-refractivity contribution in [2.45, 2.75) is 25.1 Å². The van der Waals surface area contributed by atoms with E-state index in [0.717, 1.165) is 6.07 Å². The third-order valence-electron chi connectivity index (χ3n) is 4.20. The SMILES string of the molecule is CCN1C(=O)c2c(cccc2C(F)(F)F)[C@@H]2CNC[C@@H]21. The van der Waals surface area contributed by atoms with Crippen molar-refractivity contribution < 1.29 is 18.0 Å². The van der Waals surface area contributed by atoms with E-state index < -0.39 is 17.6 Å². The molecule has 1 fully saturated rings. The van der Waals surface area contributed by atoms with Gasteiger partial charge in [-0.3, -0.25) is 4.79 Å². The molecule has 0 spiro atoms. The number of benzene rings is 1. The largest absolute Gasteiger partial charge is 0.417 e. The molecule has 0 saturated carbocycles. The Morgan fingerprint density at radius 1 is 1.35 bits per heavy atom. The summed E-state index contributed by atoms with van der Waals surface area (Å²) in [6.45, 7) is 3.48. The summed E-state index contributed by atoms with van der Waals surface area (Å²) < 4.78 is 39.4. The van der Waals surface area contributed by atoms with Crippen molar-refractivity contribution in [3.63, 3.8) is 0 Å². The molecule has 0 bridgehead atoms. The third-order valence-corrected chi connectivity index (χ3v) is 4.20. The van der Waals surface area contributed by atoms with Gasteiger partial charge in [-0.05, 0) is 18.6 Å². The Kier molecular flexibility index (Phi) is 3.01. The fourth-order valence-corrected chi connectivity index (χ4v) is 3.34. The average molecular weight is 284 g/mol. The van der Waals surface area contributed by atoms with Crippen molar-refractivity contribution in [1.29, 1.82) is 0 Å². The van der Waals surface area contributed by atoms with E-state index in [1.165, 1.54) is 6.07 Å². The molecule has 1 saturated heterocycles. The predicted octanol–water partition coefficient (Wildman–Crippen LogP) is 2.24. The molecular formula is C14H15F3N2O. The lowest BCUT2D eigenvalue weighted by Gasteiger charge is -2.38. The maximum atomic E-state index is 13.1. The normalized spacial score (nSPS) is 25.6. The van der Waals surface area contributed by atoms with Crippen molar-refractivity contribution in [2.75, 3.05) is 19.6 Å². The number of fused-ring (bicyclic) bond motifs is 3. The van der Waals surface area contributed by atoms with Crippen LogP contribution in [0.15, 0.2) is 18.2 Å². The maximum Gasteiger partial charge on any atom is 0.417 e. The average Bonchev–Trinajstić information content (AvgIpc) is 2.87. The zero-order valence-electron chi connectivity index (χ0n) is 11.0. The number of alkyl halides is 3. The minimum absolute atomic E-state index is 0.0384. The molecule has 3 rings (SSSR count). The van der Waals surface area contributed by atoms with E-state index in [0.29, 0.717) is 25.2 Å². The van der Waals surface area contributed by atoms with Crippen molar-refractivity contribution in [1.82, 2.24) is 10.2 Å². The summed E-state index contributed by atoms with van der Waals surface area (Å²) in [6, 6.07) is 4.00. The van der Waals surface area contributed by atoms with Gasteiger partial charge in [-0.15, -0.1) is 0 Å². The van der Waals surface area contributed by atoms with E-state index in [4.69, 9.17) is 0 Å². The van der Waals surface area contributed by atoms with Gasteiger partial charge in [0.1, 0.15) is 0 Å². The molecule has 0 radical (unpaired) electrons. The second kappa shape index (κ2) is 4.48. The van der Waals surface area contributed by atoms with Crippen molar-refractivity contribution in [2.24, 2.45) is 0 Å². The van der Waals surface area contributed by atoms with Crippen LogP contribution in [0, 0.1) is 0 Å². The van der Waals surface area contributed by atoms with Crippen molar-refractivity contribution in [3.05, 3.63) is 34.9 Å². The Labute approximate surface area is 114 Å². The molecule has 2 heterocycles. The number of likely N-dealkylation sites (N-methyl/N-ethyl adjacent to an activating group) is 1. The van der Waals surface area contributed by atoms with Crippen LogP contribution >= 0.6 is 0 Å². The first-order valence-electron chi connectivity index (χ1n) is 6.67. The summed E-state index contributed by atoms with van der Waals surface area (Å²) in [5.74, 6) is -0.551. The number of nitrogens with one attached hydrogen (secondary N) is 1. The van der Waals surface area contributed by atoms with Crippen LogP contribution in [0.5, 0.6) is 0 Å². The number of hydrogen-bond donors (Lipinski definition) is 1. The lowest BCUT2D eigenvalue weighted by molar-refractivity contribution is -0.138. The van der Waals surface area contributed by atoms with Crippen LogP contribution in [0.25, 0.3) is 0 Å². The standard InChI is InChI=1S/C14H15F3N2O/c1-2-19-11-7-18-6-9(11)8-4-3-5-10(14(15,16)17)12(8)13(19)20/h3-5,9,11,18H,2,6-7H2,1H3/t9-,11-/m0/s1. The van der Waals surface area contributed by atoms with Crippen LogP contribution in [-0.4, -0.2) is 36.5 Å². The fraction of sp³-hybridized carbons (Fsp3) is 0.500. The van der Waals surface area contributed by atoms with Crippen molar-refractivity contribution in [3.8, 4) is 0 Å².